The minimum Gasteiger partial charge on any atom is -0.344 e. The molecule has 3 heterocycles. The second kappa shape index (κ2) is 8.06. The zero-order valence-electron chi connectivity index (χ0n) is 15.2. The fraction of sp³-hybridized carbons (Fsp3) is 0.368. The van der Waals surface area contributed by atoms with Crippen molar-refractivity contribution in [1.82, 2.24) is 24.2 Å². The van der Waals surface area contributed by atoms with Crippen LogP contribution in [0.2, 0.25) is 0 Å². The molecule has 0 spiro atoms. The summed E-state index contributed by atoms with van der Waals surface area (Å²) in [4.78, 5) is 17.8. The number of aromatic nitrogens is 4. The zero-order chi connectivity index (χ0) is 18.6. The minimum absolute atomic E-state index is 0.180. The van der Waals surface area contributed by atoms with Crippen LogP contribution in [-0.2, 0) is 6.42 Å². The molecule has 0 unspecified atom stereocenters. The van der Waals surface area contributed by atoms with Crippen molar-refractivity contribution in [3.63, 3.8) is 0 Å². The molecule has 3 aromatic rings. The van der Waals surface area contributed by atoms with Gasteiger partial charge in [-0.2, -0.15) is 9.36 Å². The third-order valence-electron chi connectivity index (χ3n) is 4.73. The van der Waals surface area contributed by atoms with Crippen LogP contribution in [0.3, 0.4) is 0 Å². The summed E-state index contributed by atoms with van der Waals surface area (Å²) >= 11 is 1.42. The van der Waals surface area contributed by atoms with Gasteiger partial charge in [-0.1, -0.05) is 12.1 Å². The van der Waals surface area contributed by atoms with Crippen LogP contribution in [0.5, 0.6) is 0 Å². The van der Waals surface area contributed by atoms with Gasteiger partial charge >= 0.3 is 0 Å². The van der Waals surface area contributed by atoms with Gasteiger partial charge in [0.2, 0.25) is 5.13 Å². The lowest BCUT2D eigenvalue weighted by atomic mass is 10.1. The van der Waals surface area contributed by atoms with Crippen LogP contribution in [0.15, 0.2) is 36.7 Å². The Morgan fingerprint density at radius 1 is 1.04 bits per heavy atom. The van der Waals surface area contributed by atoms with Crippen LogP contribution >= 0.6 is 11.5 Å². The number of benzene rings is 1. The molecule has 1 fully saturated rings. The molecular formula is C19H21FN6S. The Morgan fingerprint density at radius 3 is 2.44 bits per heavy atom. The maximum absolute atomic E-state index is 13.0. The Labute approximate surface area is 161 Å². The van der Waals surface area contributed by atoms with Crippen molar-refractivity contribution in [2.24, 2.45) is 0 Å². The molecule has 0 saturated carbocycles. The number of halogens is 1. The maximum atomic E-state index is 13.0. The summed E-state index contributed by atoms with van der Waals surface area (Å²) in [5.41, 5.74) is 2.02. The van der Waals surface area contributed by atoms with Gasteiger partial charge in [0.25, 0.3) is 0 Å². The van der Waals surface area contributed by atoms with Gasteiger partial charge in [0.15, 0.2) is 5.82 Å². The number of hydrogen-bond donors (Lipinski definition) is 0. The molecule has 0 aliphatic carbocycles. The van der Waals surface area contributed by atoms with Gasteiger partial charge in [-0.05, 0) is 31.0 Å². The molecule has 1 aliphatic rings. The van der Waals surface area contributed by atoms with Gasteiger partial charge in [0.05, 0.1) is 5.56 Å². The Hall–Kier alpha value is -2.45. The molecule has 6 nitrogen and oxygen atoms in total. The van der Waals surface area contributed by atoms with Crippen LogP contribution in [0, 0.1) is 12.7 Å². The van der Waals surface area contributed by atoms with Crippen molar-refractivity contribution in [1.29, 1.82) is 0 Å². The third-order valence-corrected chi connectivity index (χ3v) is 5.50. The van der Waals surface area contributed by atoms with Crippen molar-refractivity contribution in [3.05, 3.63) is 53.9 Å². The fourth-order valence-electron chi connectivity index (χ4n) is 3.07. The van der Waals surface area contributed by atoms with E-state index in [9.17, 15) is 4.39 Å². The Morgan fingerprint density at radius 2 is 1.74 bits per heavy atom. The second-order valence-electron chi connectivity index (χ2n) is 6.62. The van der Waals surface area contributed by atoms with E-state index in [0.717, 1.165) is 55.7 Å². The van der Waals surface area contributed by atoms with Crippen molar-refractivity contribution < 1.29 is 4.39 Å². The molecule has 0 N–H and O–H groups in total. The van der Waals surface area contributed by atoms with Crippen LogP contribution in [-0.4, -0.2) is 56.9 Å². The SMILES string of the molecule is Cc1ncc(-c2nsc(N3CCN(CCc4ccc(F)cc4)CC3)n2)cn1. The molecule has 1 saturated heterocycles. The lowest BCUT2D eigenvalue weighted by Crippen LogP contribution is -2.47. The molecule has 0 radical (unpaired) electrons. The third kappa shape index (κ3) is 4.45. The summed E-state index contributed by atoms with van der Waals surface area (Å²) in [5, 5.41) is 0.948. The van der Waals surface area contributed by atoms with Crippen molar-refractivity contribution in [2.75, 3.05) is 37.6 Å². The highest BCUT2D eigenvalue weighted by molar-refractivity contribution is 7.09. The summed E-state index contributed by atoms with van der Waals surface area (Å²) in [7, 11) is 0. The number of anilines is 1. The molecule has 0 atom stereocenters. The lowest BCUT2D eigenvalue weighted by molar-refractivity contribution is 0.261. The van der Waals surface area contributed by atoms with E-state index in [0.29, 0.717) is 5.82 Å². The minimum atomic E-state index is -0.180. The van der Waals surface area contributed by atoms with Crippen LogP contribution in [0.4, 0.5) is 9.52 Å². The van der Waals surface area contributed by atoms with Crippen molar-refractivity contribution >= 4 is 16.7 Å². The average Bonchev–Trinajstić information content (AvgIpc) is 3.19. The quantitative estimate of drug-likeness (QED) is 0.674. The van der Waals surface area contributed by atoms with Gasteiger partial charge in [-0.25, -0.2) is 14.4 Å². The van der Waals surface area contributed by atoms with Crippen molar-refractivity contribution in [3.8, 4) is 11.4 Å². The molecule has 8 heteroatoms. The number of piperazine rings is 1. The largest absolute Gasteiger partial charge is 0.344 e. The monoisotopic (exact) mass is 384 g/mol. The van der Waals surface area contributed by atoms with E-state index in [1.54, 1.807) is 12.4 Å². The van der Waals surface area contributed by atoms with Crippen LogP contribution in [0.1, 0.15) is 11.4 Å². The first-order valence-electron chi connectivity index (χ1n) is 9.02. The van der Waals surface area contributed by atoms with E-state index in [2.05, 4.69) is 29.1 Å². The average molecular weight is 384 g/mol. The van der Waals surface area contributed by atoms with Gasteiger partial charge in [-0.15, -0.1) is 0 Å². The van der Waals surface area contributed by atoms with E-state index < -0.39 is 0 Å². The van der Waals surface area contributed by atoms with Gasteiger partial charge in [0, 0.05) is 56.6 Å². The molecule has 2 aromatic heterocycles. The second-order valence-corrected chi connectivity index (χ2v) is 7.35. The Bertz CT molecular complexity index is 872. The standard InChI is InChI=1S/C19H21FN6S/c1-14-21-12-16(13-22-14)18-23-19(27-24-18)26-10-8-25(9-11-26)7-6-15-2-4-17(20)5-3-15/h2-5,12-13H,6-11H2,1H3. The number of nitrogens with zero attached hydrogens (tertiary/aromatic N) is 6. The summed E-state index contributed by atoms with van der Waals surface area (Å²) in [5.74, 6) is 1.25. The first-order valence-corrected chi connectivity index (χ1v) is 9.79. The van der Waals surface area contributed by atoms with E-state index >= 15 is 0 Å². The highest BCUT2D eigenvalue weighted by atomic mass is 32.1. The predicted octanol–water partition coefficient (Wildman–Crippen LogP) is 2.81. The number of hydrogen-bond acceptors (Lipinski definition) is 7. The van der Waals surface area contributed by atoms with E-state index in [1.807, 2.05) is 19.1 Å². The number of rotatable bonds is 5. The molecule has 1 aromatic carbocycles. The molecule has 140 valence electrons. The van der Waals surface area contributed by atoms with E-state index in [-0.39, 0.29) is 5.82 Å². The highest BCUT2D eigenvalue weighted by Gasteiger charge is 2.20. The predicted molar refractivity (Wildman–Crippen MR) is 104 cm³/mol. The first kappa shape index (κ1) is 17.9. The first-order chi connectivity index (χ1) is 13.2. The molecule has 0 bridgehead atoms. The van der Waals surface area contributed by atoms with E-state index in [1.165, 1.54) is 29.2 Å². The zero-order valence-corrected chi connectivity index (χ0v) is 16.0. The lowest BCUT2D eigenvalue weighted by Gasteiger charge is -2.34. The van der Waals surface area contributed by atoms with Gasteiger partial charge in [0.1, 0.15) is 11.6 Å². The van der Waals surface area contributed by atoms with Crippen LogP contribution < -0.4 is 4.90 Å². The molecule has 27 heavy (non-hydrogen) atoms. The molecule has 0 amide bonds. The van der Waals surface area contributed by atoms with Gasteiger partial charge in [-0.3, -0.25) is 4.90 Å². The maximum Gasteiger partial charge on any atom is 0.205 e. The van der Waals surface area contributed by atoms with Crippen LogP contribution in [0.25, 0.3) is 11.4 Å². The topological polar surface area (TPSA) is 58.0 Å². The molecule has 1 aliphatic heterocycles. The van der Waals surface area contributed by atoms with Crippen molar-refractivity contribution in [2.45, 2.75) is 13.3 Å². The van der Waals surface area contributed by atoms with E-state index in [4.69, 9.17) is 0 Å². The Balaban J connectivity index is 1.30. The molecular weight excluding hydrogens is 363 g/mol. The number of aryl methyl sites for hydroxylation is 1. The Kier molecular flexibility index (Phi) is 5.35. The fourth-order valence-corrected chi connectivity index (χ4v) is 3.81. The summed E-state index contributed by atoms with van der Waals surface area (Å²) < 4.78 is 17.4. The normalized spacial score (nSPS) is 15.3. The molecule has 4 rings (SSSR count). The summed E-state index contributed by atoms with van der Waals surface area (Å²) in [6.07, 6.45) is 4.47. The summed E-state index contributed by atoms with van der Waals surface area (Å²) in [6.45, 7) is 6.69. The summed E-state index contributed by atoms with van der Waals surface area (Å²) in [6, 6.07) is 6.78. The highest BCUT2D eigenvalue weighted by Crippen LogP contribution is 2.24. The van der Waals surface area contributed by atoms with Gasteiger partial charge < -0.3 is 4.90 Å². The smallest absolute Gasteiger partial charge is 0.205 e.